The van der Waals surface area contributed by atoms with Gasteiger partial charge in [0, 0.05) is 18.9 Å². The predicted octanol–water partition coefficient (Wildman–Crippen LogP) is 14.8. The average Bonchev–Trinajstić information content (AvgIpc) is 3.75. The van der Waals surface area contributed by atoms with Gasteiger partial charge in [0.05, 0.1) is 12.7 Å². The molecule has 0 radical (unpaired) electrons. The third kappa shape index (κ3) is 23.6. The molecule has 1 saturated heterocycles. The molecule has 0 bridgehead atoms. The molecular weight excluding hydrogens is 611 g/mol. The first-order valence-corrected chi connectivity index (χ1v) is 22.5. The summed E-state index contributed by atoms with van der Waals surface area (Å²) in [5, 5.41) is 0. The Morgan fingerprint density at radius 1 is 0.540 bits per heavy atom. The standard InChI is InChI=1S/C47H87NO2/c1-5-7-9-11-13-15-17-19-21-23-25-27-29-31-33-35-39-47(49-43-46(50-47)42-44-37-38-45(41-44)48(3)4)40-36-34-32-30-28-26-24-22-20-18-16-14-12-10-8-6-2/h13-16,19,21,44-46H,5-12,17-18,20,22-43H2,1-4H3/b15-13-,16-14-,21-19-. The minimum absolute atomic E-state index is 0.302. The van der Waals surface area contributed by atoms with Crippen LogP contribution in [0.25, 0.3) is 0 Å². The lowest BCUT2D eigenvalue weighted by Gasteiger charge is -2.29. The van der Waals surface area contributed by atoms with Crippen LogP contribution in [0.4, 0.5) is 0 Å². The van der Waals surface area contributed by atoms with Crippen molar-refractivity contribution in [1.29, 1.82) is 0 Å². The topological polar surface area (TPSA) is 21.7 Å². The zero-order valence-corrected chi connectivity index (χ0v) is 34.3. The van der Waals surface area contributed by atoms with Crippen LogP contribution in [0.3, 0.4) is 0 Å². The number of hydrogen-bond donors (Lipinski definition) is 0. The Balaban J connectivity index is 1.58. The highest BCUT2D eigenvalue weighted by Crippen LogP contribution is 2.39. The zero-order chi connectivity index (χ0) is 35.8. The minimum Gasteiger partial charge on any atom is -0.347 e. The first-order valence-electron chi connectivity index (χ1n) is 22.5. The number of ether oxygens (including phenoxy) is 2. The maximum absolute atomic E-state index is 6.90. The van der Waals surface area contributed by atoms with Crippen molar-refractivity contribution in [2.75, 3.05) is 20.7 Å². The van der Waals surface area contributed by atoms with Gasteiger partial charge in [-0.1, -0.05) is 147 Å². The molecule has 3 nitrogen and oxygen atoms in total. The van der Waals surface area contributed by atoms with E-state index in [-0.39, 0.29) is 5.79 Å². The Morgan fingerprint density at radius 3 is 1.44 bits per heavy atom. The summed E-state index contributed by atoms with van der Waals surface area (Å²) >= 11 is 0. The number of nitrogens with zero attached hydrogens (tertiary/aromatic N) is 1. The first-order chi connectivity index (χ1) is 24.6. The quantitative estimate of drug-likeness (QED) is 0.0493. The van der Waals surface area contributed by atoms with E-state index in [1.54, 1.807) is 0 Å². The van der Waals surface area contributed by atoms with Gasteiger partial charge in [-0.15, -0.1) is 0 Å². The molecule has 0 amide bonds. The van der Waals surface area contributed by atoms with Gasteiger partial charge in [0.1, 0.15) is 0 Å². The molecule has 4 atom stereocenters. The highest BCUT2D eigenvalue weighted by atomic mass is 16.7. The van der Waals surface area contributed by atoms with Crippen molar-refractivity contribution in [2.45, 2.75) is 237 Å². The number of unbranched alkanes of at least 4 members (excludes halogenated alkanes) is 21. The Labute approximate surface area is 313 Å². The molecule has 0 N–H and O–H groups in total. The number of allylic oxidation sites excluding steroid dienone is 6. The van der Waals surface area contributed by atoms with Gasteiger partial charge in [-0.3, -0.25) is 0 Å². The van der Waals surface area contributed by atoms with Crippen LogP contribution in [0.15, 0.2) is 36.5 Å². The van der Waals surface area contributed by atoms with Gasteiger partial charge in [-0.05, 0) is 116 Å². The van der Waals surface area contributed by atoms with E-state index in [0.717, 1.165) is 37.8 Å². The van der Waals surface area contributed by atoms with Crippen LogP contribution in [-0.4, -0.2) is 43.5 Å². The summed E-state index contributed by atoms with van der Waals surface area (Å²) in [6.07, 6.45) is 56.7. The van der Waals surface area contributed by atoms with Gasteiger partial charge in [-0.25, -0.2) is 0 Å². The third-order valence-electron chi connectivity index (χ3n) is 11.6. The molecule has 2 fully saturated rings. The van der Waals surface area contributed by atoms with Crippen molar-refractivity contribution >= 4 is 0 Å². The zero-order valence-electron chi connectivity index (χ0n) is 34.3. The van der Waals surface area contributed by atoms with Crippen LogP contribution in [0.1, 0.15) is 219 Å². The molecule has 0 aromatic carbocycles. The van der Waals surface area contributed by atoms with Crippen LogP contribution in [0.2, 0.25) is 0 Å². The van der Waals surface area contributed by atoms with Gasteiger partial charge in [0.25, 0.3) is 0 Å². The van der Waals surface area contributed by atoms with E-state index in [2.05, 4.69) is 69.3 Å². The molecule has 2 rings (SSSR count). The van der Waals surface area contributed by atoms with Gasteiger partial charge in [-0.2, -0.15) is 0 Å². The Hall–Kier alpha value is -0.900. The molecule has 0 aromatic rings. The molecule has 0 aromatic heterocycles. The van der Waals surface area contributed by atoms with Crippen LogP contribution < -0.4 is 0 Å². The van der Waals surface area contributed by atoms with E-state index in [1.165, 1.54) is 186 Å². The third-order valence-corrected chi connectivity index (χ3v) is 11.6. The van der Waals surface area contributed by atoms with Crippen LogP contribution >= 0.6 is 0 Å². The summed E-state index contributed by atoms with van der Waals surface area (Å²) in [4.78, 5) is 2.43. The lowest BCUT2D eigenvalue weighted by molar-refractivity contribution is -0.180. The van der Waals surface area contributed by atoms with E-state index < -0.39 is 0 Å². The van der Waals surface area contributed by atoms with Crippen molar-refractivity contribution in [1.82, 2.24) is 4.90 Å². The maximum atomic E-state index is 6.90. The summed E-state index contributed by atoms with van der Waals surface area (Å²) in [5.41, 5.74) is 0. The molecule has 1 aliphatic carbocycles. The van der Waals surface area contributed by atoms with Gasteiger partial charge in [0.15, 0.2) is 5.79 Å². The Kier molecular flexibility index (Phi) is 28.6. The van der Waals surface area contributed by atoms with Gasteiger partial charge >= 0.3 is 0 Å². The molecule has 4 unspecified atom stereocenters. The lowest BCUT2D eigenvalue weighted by atomic mass is 9.98. The number of rotatable bonds is 34. The molecule has 3 heteroatoms. The predicted molar refractivity (Wildman–Crippen MR) is 221 cm³/mol. The van der Waals surface area contributed by atoms with Crippen molar-refractivity contribution in [3.8, 4) is 0 Å². The average molecular weight is 698 g/mol. The molecule has 1 aliphatic heterocycles. The van der Waals surface area contributed by atoms with Crippen LogP contribution in [0.5, 0.6) is 0 Å². The Bertz CT molecular complexity index is 833. The summed E-state index contributed by atoms with van der Waals surface area (Å²) in [7, 11) is 4.49. The van der Waals surface area contributed by atoms with E-state index >= 15 is 0 Å². The van der Waals surface area contributed by atoms with E-state index in [1.807, 2.05) is 0 Å². The fourth-order valence-corrected chi connectivity index (χ4v) is 8.25. The summed E-state index contributed by atoms with van der Waals surface area (Å²) < 4.78 is 13.5. The van der Waals surface area contributed by atoms with E-state index in [4.69, 9.17) is 9.47 Å². The molecule has 292 valence electrons. The molecule has 1 saturated carbocycles. The van der Waals surface area contributed by atoms with Crippen molar-refractivity contribution < 1.29 is 9.47 Å². The van der Waals surface area contributed by atoms with Crippen LogP contribution in [-0.2, 0) is 9.47 Å². The summed E-state index contributed by atoms with van der Waals surface area (Å²) in [6.45, 7) is 5.38. The van der Waals surface area contributed by atoms with Gasteiger partial charge < -0.3 is 14.4 Å². The second kappa shape index (κ2) is 31.6. The second-order valence-corrected chi connectivity index (χ2v) is 16.5. The Morgan fingerprint density at radius 2 is 0.980 bits per heavy atom. The van der Waals surface area contributed by atoms with Crippen molar-refractivity contribution in [3.05, 3.63) is 36.5 Å². The molecule has 0 spiro atoms. The summed E-state index contributed by atoms with van der Waals surface area (Å²) in [6, 6.07) is 0.757. The SMILES string of the molecule is CCCCC/C=C\C/C=C\CCCCCCCCC1(CCCCCCCCCCC/C=C\CCCCC)OCC(CC2CCC(N(C)C)C2)O1. The smallest absolute Gasteiger partial charge is 0.168 e. The fourth-order valence-electron chi connectivity index (χ4n) is 8.25. The van der Waals surface area contributed by atoms with E-state index in [9.17, 15) is 0 Å². The maximum Gasteiger partial charge on any atom is 0.168 e. The molecular formula is C47H87NO2. The highest BCUT2D eigenvalue weighted by Gasteiger charge is 2.42. The molecule has 2 aliphatic rings. The lowest BCUT2D eigenvalue weighted by Crippen LogP contribution is -2.31. The van der Waals surface area contributed by atoms with Crippen molar-refractivity contribution in [3.63, 3.8) is 0 Å². The normalized spacial score (nSPS) is 22.9. The fraction of sp³-hybridized carbons (Fsp3) is 0.872. The number of hydrogen-bond acceptors (Lipinski definition) is 3. The second-order valence-electron chi connectivity index (χ2n) is 16.5. The molecule has 1 heterocycles. The van der Waals surface area contributed by atoms with Crippen LogP contribution in [0, 0.1) is 5.92 Å². The summed E-state index contributed by atoms with van der Waals surface area (Å²) in [5.74, 6) is 0.505. The van der Waals surface area contributed by atoms with E-state index in [0.29, 0.717) is 6.10 Å². The highest BCUT2D eigenvalue weighted by molar-refractivity contribution is 4.93. The van der Waals surface area contributed by atoms with Gasteiger partial charge in [0.2, 0.25) is 0 Å². The molecule has 50 heavy (non-hydrogen) atoms. The first kappa shape index (κ1) is 45.3. The largest absolute Gasteiger partial charge is 0.347 e. The monoisotopic (exact) mass is 698 g/mol. The van der Waals surface area contributed by atoms with Crippen molar-refractivity contribution in [2.24, 2.45) is 5.92 Å². The minimum atomic E-state index is -0.302.